The second-order valence-corrected chi connectivity index (χ2v) is 3.45. The zero-order chi connectivity index (χ0) is 12.0. The maximum atomic E-state index is 11.3. The molecule has 1 N–H and O–H groups in total. The molecule has 0 spiro atoms. The summed E-state index contributed by atoms with van der Waals surface area (Å²) in [7, 11) is 0. The van der Waals surface area contributed by atoms with Crippen LogP contribution in [0, 0.1) is 0 Å². The molecule has 1 atom stereocenters. The number of hydrogen-bond donors (Lipinski definition) is 1. The minimum Gasteiger partial charge on any atom is -0.463 e. The molecule has 0 aliphatic rings. The Morgan fingerprint density at radius 2 is 2.06 bits per heavy atom. The van der Waals surface area contributed by atoms with E-state index in [-0.39, 0.29) is 6.42 Å². The van der Waals surface area contributed by atoms with E-state index < -0.39 is 12.1 Å². The number of rotatable bonds is 5. The predicted molar refractivity (Wildman–Crippen MR) is 61.8 cm³/mol. The number of ether oxygens (including phenoxy) is 1. The van der Waals surface area contributed by atoms with Gasteiger partial charge in [0.25, 0.3) is 0 Å². The summed E-state index contributed by atoms with van der Waals surface area (Å²) in [5.74, 6) is -0.447. The Hall–Kier alpha value is -1.61. The Labute approximate surface area is 95.4 Å². The monoisotopic (exact) mass is 220 g/mol. The van der Waals surface area contributed by atoms with Gasteiger partial charge in [0.2, 0.25) is 0 Å². The number of carbonyl (C=O) groups excluding carboxylic acids is 1. The first-order valence-corrected chi connectivity index (χ1v) is 5.23. The first-order valence-electron chi connectivity index (χ1n) is 5.23. The Balaban J connectivity index is 2.55. The molecular weight excluding hydrogens is 204 g/mol. The Morgan fingerprint density at radius 3 is 2.62 bits per heavy atom. The van der Waals surface area contributed by atoms with E-state index in [2.05, 4.69) is 6.58 Å². The van der Waals surface area contributed by atoms with Crippen LogP contribution >= 0.6 is 0 Å². The summed E-state index contributed by atoms with van der Waals surface area (Å²) in [4.78, 5) is 11.3. The van der Waals surface area contributed by atoms with Crippen molar-refractivity contribution in [2.24, 2.45) is 0 Å². The van der Waals surface area contributed by atoms with Crippen molar-refractivity contribution >= 4 is 5.97 Å². The van der Waals surface area contributed by atoms with E-state index in [9.17, 15) is 9.90 Å². The van der Waals surface area contributed by atoms with E-state index in [0.29, 0.717) is 12.2 Å². The molecule has 0 bridgehead atoms. The lowest BCUT2D eigenvalue weighted by atomic mass is 10.0. The van der Waals surface area contributed by atoms with Crippen molar-refractivity contribution in [3.05, 3.63) is 48.0 Å². The maximum Gasteiger partial charge on any atom is 0.333 e. The molecule has 0 amide bonds. The normalized spacial score (nSPS) is 11.9. The van der Waals surface area contributed by atoms with Gasteiger partial charge >= 0.3 is 5.97 Å². The molecule has 0 radical (unpaired) electrons. The molecule has 0 aromatic heterocycles. The first-order chi connectivity index (χ1) is 7.65. The molecule has 0 saturated carbocycles. The highest BCUT2D eigenvalue weighted by Gasteiger charge is 2.14. The third kappa shape index (κ3) is 3.51. The van der Waals surface area contributed by atoms with E-state index >= 15 is 0 Å². The van der Waals surface area contributed by atoms with Crippen LogP contribution in [0.15, 0.2) is 42.5 Å². The highest BCUT2D eigenvalue weighted by atomic mass is 16.5. The fourth-order valence-corrected chi connectivity index (χ4v) is 1.34. The van der Waals surface area contributed by atoms with Crippen LogP contribution in [0.4, 0.5) is 0 Å². The summed E-state index contributed by atoms with van der Waals surface area (Å²) >= 11 is 0. The van der Waals surface area contributed by atoms with Crippen molar-refractivity contribution in [1.82, 2.24) is 0 Å². The molecule has 3 nitrogen and oxygen atoms in total. The molecule has 0 aliphatic heterocycles. The minimum atomic E-state index is -0.710. The minimum absolute atomic E-state index is 0.197. The lowest BCUT2D eigenvalue weighted by Gasteiger charge is -2.11. The van der Waals surface area contributed by atoms with Gasteiger partial charge in [0, 0.05) is 12.0 Å². The maximum absolute atomic E-state index is 11.3. The van der Waals surface area contributed by atoms with Crippen LogP contribution in [0.2, 0.25) is 0 Å². The third-order valence-electron chi connectivity index (χ3n) is 2.19. The number of hydrogen-bond acceptors (Lipinski definition) is 3. The van der Waals surface area contributed by atoms with Crippen molar-refractivity contribution in [1.29, 1.82) is 0 Å². The standard InChI is InChI=1S/C13H16O3/c1-3-16-13(15)10(2)9-12(14)11-7-5-4-6-8-11/h4-8,12,14H,2-3,9H2,1H3/t12-/m1/s1. The summed E-state index contributed by atoms with van der Waals surface area (Å²) < 4.78 is 4.79. The second kappa shape index (κ2) is 6.08. The smallest absolute Gasteiger partial charge is 0.333 e. The molecule has 1 aromatic rings. The third-order valence-corrected chi connectivity index (χ3v) is 2.19. The summed E-state index contributed by atoms with van der Waals surface area (Å²) in [6, 6.07) is 9.17. The summed E-state index contributed by atoms with van der Waals surface area (Å²) in [6.45, 7) is 5.66. The summed E-state index contributed by atoms with van der Waals surface area (Å²) in [6.07, 6.45) is -0.513. The van der Waals surface area contributed by atoms with Gasteiger partial charge in [-0.25, -0.2) is 4.79 Å². The molecule has 0 saturated heterocycles. The van der Waals surface area contributed by atoms with Gasteiger partial charge in [0.05, 0.1) is 12.7 Å². The average Bonchev–Trinajstić information content (AvgIpc) is 2.30. The van der Waals surface area contributed by atoms with Crippen molar-refractivity contribution in [3.63, 3.8) is 0 Å². The van der Waals surface area contributed by atoms with E-state index in [0.717, 1.165) is 5.56 Å². The predicted octanol–water partition coefficient (Wildman–Crippen LogP) is 2.23. The molecule has 0 heterocycles. The Kier molecular flexibility index (Phi) is 4.73. The topological polar surface area (TPSA) is 46.5 Å². The number of aliphatic hydroxyl groups excluding tert-OH is 1. The van der Waals surface area contributed by atoms with Crippen molar-refractivity contribution in [2.75, 3.05) is 6.61 Å². The van der Waals surface area contributed by atoms with Crippen LogP contribution in [-0.4, -0.2) is 17.7 Å². The fraction of sp³-hybridized carbons (Fsp3) is 0.308. The first kappa shape index (κ1) is 12.5. The molecule has 1 aromatic carbocycles. The van der Waals surface area contributed by atoms with E-state index in [1.807, 2.05) is 30.3 Å². The van der Waals surface area contributed by atoms with Gasteiger partial charge in [-0.05, 0) is 12.5 Å². The van der Waals surface area contributed by atoms with Crippen LogP contribution < -0.4 is 0 Å². The average molecular weight is 220 g/mol. The van der Waals surface area contributed by atoms with Crippen LogP contribution in [-0.2, 0) is 9.53 Å². The highest BCUT2D eigenvalue weighted by molar-refractivity contribution is 5.87. The zero-order valence-corrected chi connectivity index (χ0v) is 9.35. The lowest BCUT2D eigenvalue weighted by Crippen LogP contribution is -2.10. The van der Waals surface area contributed by atoms with Gasteiger partial charge in [-0.1, -0.05) is 36.9 Å². The fourth-order valence-electron chi connectivity index (χ4n) is 1.34. The van der Waals surface area contributed by atoms with Crippen molar-refractivity contribution in [2.45, 2.75) is 19.4 Å². The second-order valence-electron chi connectivity index (χ2n) is 3.45. The highest BCUT2D eigenvalue weighted by Crippen LogP contribution is 2.20. The van der Waals surface area contributed by atoms with Crippen molar-refractivity contribution < 1.29 is 14.6 Å². The molecular formula is C13H16O3. The Morgan fingerprint density at radius 1 is 1.44 bits per heavy atom. The molecule has 3 heteroatoms. The van der Waals surface area contributed by atoms with Crippen LogP contribution in [0.5, 0.6) is 0 Å². The molecule has 1 rings (SSSR count). The SMILES string of the molecule is C=C(C[C@@H](O)c1ccccc1)C(=O)OCC. The quantitative estimate of drug-likeness (QED) is 0.611. The Bertz CT molecular complexity index is 357. The molecule has 86 valence electrons. The van der Waals surface area contributed by atoms with E-state index in [1.165, 1.54) is 0 Å². The van der Waals surface area contributed by atoms with Gasteiger partial charge in [0.1, 0.15) is 0 Å². The number of esters is 1. The van der Waals surface area contributed by atoms with Gasteiger partial charge in [-0.2, -0.15) is 0 Å². The molecule has 0 fully saturated rings. The van der Waals surface area contributed by atoms with Crippen LogP contribution in [0.1, 0.15) is 25.0 Å². The number of aliphatic hydroxyl groups is 1. The number of carbonyl (C=O) groups is 1. The molecule has 16 heavy (non-hydrogen) atoms. The summed E-state index contributed by atoms with van der Waals surface area (Å²) in [5, 5.41) is 9.84. The van der Waals surface area contributed by atoms with Gasteiger partial charge in [0.15, 0.2) is 0 Å². The number of benzene rings is 1. The summed E-state index contributed by atoms with van der Waals surface area (Å²) in [5.41, 5.74) is 1.06. The zero-order valence-electron chi connectivity index (χ0n) is 9.35. The van der Waals surface area contributed by atoms with E-state index in [1.54, 1.807) is 6.92 Å². The molecule has 0 unspecified atom stereocenters. The van der Waals surface area contributed by atoms with E-state index in [4.69, 9.17) is 4.74 Å². The lowest BCUT2D eigenvalue weighted by molar-refractivity contribution is -0.138. The van der Waals surface area contributed by atoms with Crippen LogP contribution in [0.3, 0.4) is 0 Å². The van der Waals surface area contributed by atoms with Gasteiger partial charge < -0.3 is 9.84 Å². The van der Waals surface area contributed by atoms with Crippen LogP contribution in [0.25, 0.3) is 0 Å². The molecule has 0 aliphatic carbocycles. The van der Waals surface area contributed by atoms with Crippen molar-refractivity contribution in [3.8, 4) is 0 Å². The van der Waals surface area contributed by atoms with Gasteiger partial charge in [-0.3, -0.25) is 0 Å². The van der Waals surface area contributed by atoms with Gasteiger partial charge in [-0.15, -0.1) is 0 Å². The largest absolute Gasteiger partial charge is 0.463 e.